The van der Waals surface area contributed by atoms with Crippen LogP contribution in [0.1, 0.15) is 21.5 Å². The standard InChI is InChI=1S/C11H11NO3/c13-7-9-3-1-2-8-6-12(11(14)15)5-4-10(8)9/h1-3,7H,4-6H2,(H,14,15). The molecule has 1 aliphatic heterocycles. The van der Waals surface area contributed by atoms with Crippen molar-refractivity contribution in [2.45, 2.75) is 13.0 Å². The van der Waals surface area contributed by atoms with E-state index in [2.05, 4.69) is 0 Å². The van der Waals surface area contributed by atoms with Gasteiger partial charge >= 0.3 is 6.09 Å². The molecule has 1 heterocycles. The summed E-state index contributed by atoms with van der Waals surface area (Å²) in [6, 6.07) is 5.42. The molecular weight excluding hydrogens is 194 g/mol. The minimum absolute atomic E-state index is 0.381. The molecule has 15 heavy (non-hydrogen) atoms. The van der Waals surface area contributed by atoms with Crippen molar-refractivity contribution in [1.82, 2.24) is 4.90 Å². The molecule has 1 aliphatic rings. The van der Waals surface area contributed by atoms with Crippen LogP contribution in [0.2, 0.25) is 0 Å². The quantitative estimate of drug-likeness (QED) is 0.707. The van der Waals surface area contributed by atoms with Gasteiger partial charge < -0.3 is 10.0 Å². The van der Waals surface area contributed by atoms with Gasteiger partial charge in [0.2, 0.25) is 0 Å². The van der Waals surface area contributed by atoms with Gasteiger partial charge in [0.25, 0.3) is 0 Å². The molecule has 4 nitrogen and oxygen atoms in total. The smallest absolute Gasteiger partial charge is 0.407 e. The van der Waals surface area contributed by atoms with Crippen LogP contribution in [-0.2, 0) is 13.0 Å². The van der Waals surface area contributed by atoms with Gasteiger partial charge in [0.1, 0.15) is 6.29 Å². The molecular formula is C11H11NO3. The van der Waals surface area contributed by atoms with E-state index in [1.165, 1.54) is 4.90 Å². The van der Waals surface area contributed by atoms with E-state index in [9.17, 15) is 9.59 Å². The van der Waals surface area contributed by atoms with Crippen molar-refractivity contribution in [3.8, 4) is 0 Å². The van der Waals surface area contributed by atoms with E-state index in [1.54, 1.807) is 12.1 Å². The lowest BCUT2D eigenvalue weighted by Gasteiger charge is -2.27. The summed E-state index contributed by atoms with van der Waals surface area (Å²) in [5.74, 6) is 0. The number of amides is 1. The van der Waals surface area contributed by atoms with Crippen molar-refractivity contribution < 1.29 is 14.7 Å². The van der Waals surface area contributed by atoms with Crippen molar-refractivity contribution in [2.75, 3.05) is 6.54 Å². The van der Waals surface area contributed by atoms with E-state index in [4.69, 9.17) is 5.11 Å². The SMILES string of the molecule is O=Cc1cccc2c1CCN(C(=O)O)C2. The summed E-state index contributed by atoms with van der Waals surface area (Å²) in [6.07, 6.45) is 0.545. The summed E-state index contributed by atoms with van der Waals surface area (Å²) >= 11 is 0. The lowest BCUT2D eigenvalue weighted by molar-refractivity contribution is 0.112. The van der Waals surface area contributed by atoms with E-state index in [0.717, 1.165) is 17.4 Å². The number of benzene rings is 1. The fourth-order valence-electron chi connectivity index (χ4n) is 1.91. The predicted molar refractivity (Wildman–Crippen MR) is 54.0 cm³/mol. The number of aldehydes is 1. The molecule has 0 spiro atoms. The third-order valence-corrected chi connectivity index (χ3v) is 2.70. The fraction of sp³-hybridized carbons (Fsp3) is 0.273. The normalized spacial score (nSPS) is 14.5. The summed E-state index contributed by atoms with van der Waals surface area (Å²) in [5, 5.41) is 8.85. The van der Waals surface area contributed by atoms with Crippen LogP contribution in [0.25, 0.3) is 0 Å². The Bertz CT molecular complexity index is 414. The molecule has 0 aliphatic carbocycles. The summed E-state index contributed by atoms with van der Waals surface area (Å²) in [6.45, 7) is 0.847. The monoisotopic (exact) mass is 205 g/mol. The minimum Gasteiger partial charge on any atom is -0.465 e. The maximum absolute atomic E-state index is 10.8. The number of nitrogens with zero attached hydrogens (tertiary/aromatic N) is 1. The van der Waals surface area contributed by atoms with Gasteiger partial charge in [-0.3, -0.25) is 4.79 Å². The number of fused-ring (bicyclic) bond motifs is 1. The van der Waals surface area contributed by atoms with E-state index >= 15 is 0 Å². The van der Waals surface area contributed by atoms with Crippen LogP contribution in [0.4, 0.5) is 4.79 Å². The Kier molecular flexibility index (Phi) is 2.41. The molecule has 0 saturated heterocycles. The molecule has 0 radical (unpaired) electrons. The first-order valence-corrected chi connectivity index (χ1v) is 4.76. The van der Waals surface area contributed by atoms with Crippen molar-refractivity contribution in [2.24, 2.45) is 0 Å². The molecule has 0 aromatic heterocycles. The Balaban J connectivity index is 2.35. The van der Waals surface area contributed by atoms with E-state index in [1.807, 2.05) is 6.07 Å². The summed E-state index contributed by atoms with van der Waals surface area (Å²) in [5.41, 5.74) is 2.61. The maximum Gasteiger partial charge on any atom is 0.407 e. The highest BCUT2D eigenvalue weighted by Gasteiger charge is 2.21. The first kappa shape index (κ1) is 9.71. The van der Waals surface area contributed by atoms with Gasteiger partial charge in [0, 0.05) is 18.7 Å². The van der Waals surface area contributed by atoms with Gasteiger partial charge in [-0.1, -0.05) is 18.2 Å². The molecule has 0 unspecified atom stereocenters. The predicted octanol–water partition coefficient (Wildman–Crippen LogP) is 1.54. The second-order valence-electron chi connectivity index (χ2n) is 3.56. The van der Waals surface area contributed by atoms with Crippen LogP contribution in [0, 0.1) is 0 Å². The third kappa shape index (κ3) is 1.70. The fourth-order valence-corrected chi connectivity index (χ4v) is 1.91. The number of carbonyl (C=O) groups excluding carboxylic acids is 1. The molecule has 4 heteroatoms. The summed E-state index contributed by atoms with van der Waals surface area (Å²) in [4.78, 5) is 22.9. The van der Waals surface area contributed by atoms with Crippen molar-refractivity contribution in [1.29, 1.82) is 0 Å². The summed E-state index contributed by atoms with van der Waals surface area (Å²) < 4.78 is 0. The molecule has 0 saturated carbocycles. The lowest BCUT2D eigenvalue weighted by atomic mass is 9.95. The van der Waals surface area contributed by atoms with Gasteiger partial charge in [-0.15, -0.1) is 0 Å². The Morgan fingerprint density at radius 1 is 1.47 bits per heavy atom. The molecule has 1 N–H and O–H groups in total. The number of hydrogen-bond donors (Lipinski definition) is 1. The second kappa shape index (κ2) is 3.73. The van der Waals surface area contributed by atoms with Gasteiger partial charge in [0.15, 0.2) is 0 Å². The van der Waals surface area contributed by atoms with Crippen molar-refractivity contribution in [3.63, 3.8) is 0 Å². The number of carboxylic acid groups (broad SMARTS) is 1. The maximum atomic E-state index is 10.8. The van der Waals surface area contributed by atoms with Crippen LogP contribution >= 0.6 is 0 Å². The second-order valence-corrected chi connectivity index (χ2v) is 3.56. The van der Waals surface area contributed by atoms with Crippen LogP contribution in [0.5, 0.6) is 0 Å². The van der Waals surface area contributed by atoms with Crippen LogP contribution in [0.3, 0.4) is 0 Å². The molecule has 0 fully saturated rings. The van der Waals surface area contributed by atoms with E-state index in [-0.39, 0.29) is 0 Å². The number of hydrogen-bond acceptors (Lipinski definition) is 2. The average Bonchev–Trinajstić information content (AvgIpc) is 2.27. The highest BCUT2D eigenvalue weighted by atomic mass is 16.4. The van der Waals surface area contributed by atoms with E-state index in [0.29, 0.717) is 25.1 Å². The Hall–Kier alpha value is -1.84. The van der Waals surface area contributed by atoms with Crippen LogP contribution in [0.15, 0.2) is 18.2 Å². The zero-order valence-corrected chi connectivity index (χ0v) is 8.14. The van der Waals surface area contributed by atoms with Crippen molar-refractivity contribution in [3.05, 3.63) is 34.9 Å². The first-order chi connectivity index (χ1) is 7.22. The van der Waals surface area contributed by atoms with Crippen molar-refractivity contribution >= 4 is 12.4 Å². The largest absolute Gasteiger partial charge is 0.465 e. The number of rotatable bonds is 1. The average molecular weight is 205 g/mol. The Labute approximate surface area is 87.1 Å². The Morgan fingerprint density at radius 2 is 2.27 bits per heavy atom. The minimum atomic E-state index is -0.905. The molecule has 0 atom stereocenters. The first-order valence-electron chi connectivity index (χ1n) is 4.76. The Morgan fingerprint density at radius 3 is 2.93 bits per heavy atom. The van der Waals surface area contributed by atoms with Gasteiger partial charge in [0.05, 0.1) is 0 Å². The van der Waals surface area contributed by atoms with Crippen LogP contribution in [-0.4, -0.2) is 28.9 Å². The zero-order valence-electron chi connectivity index (χ0n) is 8.14. The highest BCUT2D eigenvalue weighted by molar-refractivity contribution is 5.78. The third-order valence-electron chi connectivity index (χ3n) is 2.70. The van der Waals surface area contributed by atoms with Gasteiger partial charge in [-0.25, -0.2) is 4.79 Å². The topological polar surface area (TPSA) is 57.6 Å². The highest BCUT2D eigenvalue weighted by Crippen LogP contribution is 2.21. The molecule has 1 aromatic carbocycles. The van der Waals surface area contributed by atoms with Gasteiger partial charge in [-0.05, 0) is 17.5 Å². The number of carbonyl (C=O) groups is 2. The lowest BCUT2D eigenvalue weighted by Crippen LogP contribution is -2.35. The molecule has 1 amide bonds. The van der Waals surface area contributed by atoms with E-state index < -0.39 is 6.09 Å². The molecule has 0 bridgehead atoms. The molecule has 2 rings (SSSR count). The zero-order chi connectivity index (χ0) is 10.8. The van der Waals surface area contributed by atoms with Gasteiger partial charge in [-0.2, -0.15) is 0 Å². The van der Waals surface area contributed by atoms with Crippen LogP contribution < -0.4 is 0 Å². The molecule has 78 valence electrons. The molecule has 1 aromatic rings. The summed E-state index contributed by atoms with van der Waals surface area (Å²) in [7, 11) is 0.